The van der Waals surface area contributed by atoms with Gasteiger partial charge < -0.3 is 18.7 Å². The Labute approximate surface area is 287 Å². The molecule has 0 aromatic rings. The van der Waals surface area contributed by atoms with E-state index >= 15 is 0 Å². The van der Waals surface area contributed by atoms with E-state index in [1.807, 2.05) is 32.1 Å². The number of aliphatic hydroxyl groups is 1. The average Bonchev–Trinajstić information content (AvgIpc) is 2.90. The van der Waals surface area contributed by atoms with Crippen LogP contribution in [0.4, 0.5) is 0 Å². The van der Waals surface area contributed by atoms with Crippen molar-refractivity contribution in [1.29, 1.82) is 0 Å². The molecule has 0 rings (SSSR count). The minimum Gasteiger partial charge on any atom is -0.463 e. The van der Waals surface area contributed by atoms with E-state index in [1.165, 1.54) is 5.57 Å². The van der Waals surface area contributed by atoms with Crippen LogP contribution in [0.1, 0.15) is 103 Å². The van der Waals surface area contributed by atoms with E-state index < -0.39 is 22.7 Å². The van der Waals surface area contributed by atoms with Crippen molar-refractivity contribution in [3.05, 3.63) is 48.1 Å². The number of aliphatic hydroxyl groups excluding tert-OH is 1. The molecule has 0 aliphatic carbocycles. The van der Waals surface area contributed by atoms with Gasteiger partial charge in [0.15, 0.2) is 16.6 Å². The van der Waals surface area contributed by atoms with Crippen LogP contribution in [0.5, 0.6) is 0 Å². The zero-order valence-electron chi connectivity index (χ0n) is 33.2. The Morgan fingerprint density at radius 1 is 0.804 bits per heavy atom. The predicted octanol–water partition coefficient (Wildman–Crippen LogP) is 10.9. The molecule has 0 saturated carbocycles. The van der Waals surface area contributed by atoms with Gasteiger partial charge in [-0.2, -0.15) is 0 Å². The Hall–Kier alpha value is -1.26. The molecule has 0 aromatic heterocycles. The molecule has 8 atom stereocenters. The number of rotatable bonds is 18. The molecule has 7 heteroatoms. The maximum atomic E-state index is 12.5. The third-order valence-electron chi connectivity index (χ3n) is 10.5. The van der Waals surface area contributed by atoms with Crippen LogP contribution < -0.4 is 0 Å². The smallest absolute Gasteiger partial charge is 0.333 e. The van der Waals surface area contributed by atoms with Crippen molar-refractivity contribution in [1.82, 2.24) is 0 Å². The maximum absolute atomic E-state index is 12.5. The van der Waals surface area contributed by atoms with Gasteiger partial charge in [-0.3, -0.25) is 0 Å². The summed E-state index contributed by atoms with van der Waals surface area (Å²) in [4.78, 5) is 12.5. The Kier molecular flexibility index (Phi) is 18.0. The molecule has 0 spiro atoms. The van der Waals surface area contributed by atoms with Crippen LogP contribution >= 0.6 is 0 Å². The Morgan fingerprint density at radius 3 is 1.70 bits per heavy atom. The van der Waals surface area contributed by atoms with E-state index in [0.29, 0.717) is 12.2 Å². The second-order valence-electron chi connectivity index (χ2n) is 17.0. The lowest BCUT2D eigenvalue weighted by Gasteiger charge is -2.44. The number of esters is 1. The second kappa shape index (κ2) is 18.5. The fourth-order valence-electron chi connectivity index (χ4n) is 5.55. The van der Waals surface area contributed by atoms with E-state index in [2.05, 4.69) is 122 Å². The first-order chi connectivity index (χ1) is 20.7. The number of carbonyl (C=O) groups excluding carboxylic acids is 1. The number of ether oxygens (including phenoxy) is 1. The molecule has 0 unspecified atom stereocenters. The van der Waals surface area contributed by atoms with Gasteiger partial charge >= 0.3 is 5.97 Å². The third-order valence-corrected chi connectivity index (χ3v) is 19.5. The molecule has 0 radical (unpaired) electrons. The molecule has 0 heterocycles. The topological polar surface area (TPSA) is 65.0 Å². The SMILES string of the molecule is C=C/C=C\[C@H](C)[C@H](O)[C@@H](C)[C@H](O[Si](C)(C)C(C)(C)C)[C@@H](C)C/C(C)=C\[C@H](C)[C@@H](O[Si](C)(C)C(C)(C)C)[C@@H](C)/C=C(/C)C(=O)OCC. The summed E-state index contributed by atoms with van der Waals surface area (Å²) in [6.45, 7) is 43.7. The normalized spacial score (nSPS) is 19.6. The van der Waals surface area contributed by atoms with Crippen LogP contribution in [0.25, 0.3) is 0 Å². The highest BCUT2D eigenvalue weighted by atomic mass is 28.4. The summed E-state index contributed by atoms with van der Waals surface area (Å²) in [6, 6.07) is 0. The van der Waals surface area contributed by atoms with Gasteiger partial charge in [-0.05, 0) is 75.3 Å². The lowest BCUT2D eigenvalue weighted by molar-refractivity contribution is -0.138. The van der Waals surface area contributed by atoms with Crippen molar-refractivity contribution in [2.75, 3.05) is 6.61 Å². The molecule has 0 aromatic carbocycles. The van der Waals surface area contributed by atoms with Crippen LogP contribution in [0.15, 0.2) is 48.1 Å². The molecule has 1 N–H and O–H groups in total. The zero-order chi connectivity index (χ0) is 36.4. The van der Waals surface area contributed by atoms with Crippen molar-refractivity contribution < 1.29 is 23.5 Å². The summed E-state index contributed by atoms with van der Waals surface area (Å²) in [5.74, 6) is 0.0000274. The number of allylic oxidation sites excluding steroid dienone is 3. The van der Waals surface area contributed by atoms with Gasteiger partial charge in [0.2, 0.25) is 0 Å². The van der Waals surface area contributed by atoms with Gasteiger partial charge in [-0.25, -0.2) is 4.79 Å². The van der Waals surface area contributed by atoms with Crippen LogP contribution in [0.3, 0.4) is 0 Å². The first-order valence-electron chi connectivity index (χ1n) is 17.6. The van der Waals surface area contributed by atoms with Gasteiger partial charge in [0.25, 0.3) is 0 Å². The Balaban J connectivity index is 6.53. The molecule has 0 saturated heterocycles. The number of hydrogen-bond donors (Lipinski definition) is 1. The minimum atomic E-state index is -2.12. The van der Waals surface area contributed by atoms with Crippen molar-refractivity contribution in [3.63, 3.8) is 0 Å². The highest BCUT2D eigenvalue weighted by Gasteiger charge is 2.43. The molecule has 5 nitrogen and oxygen atoms in total. The van der Waals surface area contributed by atoms with Crippen molar-refractivity contribution in [3.8, 4) is 0 Å². The highest BCUT2D eigenvalue weighted by molar-refractivity contribution is 6.74. The van der Waals surface area contributed by atoms with Gasteiger partial charge in [-0.15, -0.1) is 0 Å². The standard InChI is InChI=1S/C39H74O5Si2/c1-20-22-23-28(4)34(40)33(9)36(44-46(18,19)39(13,14)15)30(6)25-27(3)24-29(5)35(43-45(16,17)38(10,11)12)31(7)26-32(8)37(41)42-21-2/h20,22-24,26,28-31,33-36,40H,1,21,25H2,2-19H3/b23-22-,27-24-,32-26-/t28-,29-,30-,31-,33+,34-,35+,36+/m0/s1. The number of carbonyl (C=O) groups is 1. The van der Waals surface area contributed by atoms with Crippen LogP contribution in [0, 0.1) is 29.6 Å². The Bertz CT molecular complexity index is 1040. The molecule has 46 heavy (non-hydrogen) atoms. The lowest BCUT2D eigenvalue weighted by atomic mass is 9.81. The van der Waals surface area contributed by atoms with Crippen molar-refractivity contribution in [2.24, 2.45) is 29.6 Å². The molecule has 0 fully saturated rings. The summed E-state index contributed by atoms with van der Waals surface area (Å²) in [6.07, 6.45) is 10.2. The van der Waals surface area contributed by atoms with E-state index in [4.69, 9.17) is 13.6 Å². The quantitative estimate of drug-likeness (QED) is 0.0514. The molecular weight excluding hydrogens is 605 g/mol. The van der Waals surface area contributed by atoms with E-state index in [9.17, 15) is 9.90 Å². The largest absolute Gasteiger partial charge is 0.463 e. The van der Waals surface area contributed by atoms with E-state index in [1.54, 1.807) is 6.08 Å². The molecule has 0 amide bonds. The van der Waals surface area contributed by atoms with Crippen LogP contribution in [-0.4, -0.2) is 52.6 Å². The lowest BCUT2D eigenvalue weighted by Crippen LogP contribution is -2.49. The molecule has 0 bridgehead atoms. The summed E-state index contributed by atoms with van der Waals surface area (Å²) in [5, 5.41) is 11.6. The zero-order valence-corrected chi connectivity index (χ0v) is 35.2. The average molecular weight is 679 g/mol. The van der Waals surface area contributed by atoms with Gasteiger partial charge in [0.05, 0.1) is 24.9 Å². The molecule has 0 aliphatic rings. The minimum absolute atomic E-state index is 0.0109. The summed E-state index contributed by atoms with van der Waals surface area (Å²) < 4.78 is 19.5. The van der Waals surface area contributed by atoms with Gasteiger partial charge in [-0.1, -0.05) is 119 Å². The van der Waals surface area contributed by atoms with Crippen LogP contribution in [0.2, 0.25) is 36.3 Å². The summed E-state index contributed by atoms with van der Waals surface area (Å²) in [5.41, 5.74) is 1.90. The highest BCUT2D eigenvalue weighted by Crippen LogP contribution is 2.42. The maximum Gasteiger partial charge on any atom is 0.333 e. The molecule has 0 aliphatic heterocycles. The first kappa shape index (κ1) is 44.7. The summed E-state index contributed by atoms with van der Waals surface area (Å²) in [7, 11) is -4.23. The fourth-order valence-corrected chi connectivity index (χ4v) is 8.49. The van der Waals surface area contributed by atoms with Crippen molar-refractivity contribution in [2.45, 2.75) is 158 Å². The number of hydrogen-bond acceptors (Lipinski definition) is 5. The molecular formula is C39H74O5Si2. The third kappa shape index (κ3) is 13.7. The van der Waals surface area contributed by atoms with Crippen LogP contribution in [-0.2, 0) is 18.4 Å². The Morgan fingerprint density at radius 2 is 1.26 bits per heavy atom. The predicted molar refractivity (Wildman–Crippen MR) is 204 cm³/mol. The monoisotopic (exact) mass is 679 g/mol. The van der Waals surface area contributed by atoms with Gasteiger partial charge in [0.1, 0.15) is 0 Å². The first-order valence-corrected chi connectivity index (χ1v) is 23.4. The fraction of sp³-hybridized carbons (Fsp3) is 0.769. The van der Waals surface area contributed by atoms with E-state index in [0.717, 1.165) is 6.42 Å². The second-order valence-corrected chi connectivity index (χ2v) is 26.5. The summed E-state index contributed by atoms with van der Waals surface area (Å²) >= 11 is 0. The molecule has 268 valence electrons. The van der Waals surface area contributed by atoms with Gasteiger partial charge in [0, 0.05) is 23.3 Å². The van der Waals surface area contributed by atoms with E-state index in [-0.39, 0.29) is 57.8 Å². The van der Waals surface area contributed by atoms with Crippen molar-refractivity contribution >= 4 is 22.6 Å².